The van der Waals surface area contributed by atoms with Crippen LogP contribution in [0.3, 0.4) is 0 Å². The molecule has 0 saturated carbocycles. The highest BCUT2D eigenvalue weighted by Gasteiger charge is 2.11. The van der Waals surface area contributed by atoms with Crippen molar-refractivity contribution in [1.29, 1.82) is 0 Å². The van der Waals surface area contributed by atoms with Crippen LogP contribution in [0.25, 0.3) is 0 Å². The van der Waals surface area contributed by atoms with Crippen LogP contribution in [0.5, 0.6) is 0 Å². The van der Waals surface area contributed by atoms with Gasteiger partial charge in [0.1, 0.15) is 11.6 Å². The Balaban J connectivity index is 1.74. The second-order valence-electron chi connectivity index (χ2n) is 4.59. The number of amides is 2. The molecule has 1 aliphatic heterocycles. The van der Waals surface area contributed by atoms with Crippen LogP contribution in [0.4, 0.5) is 19.3 Å². The van der Waals surface area contributed by atoms with Crippen molar-refractivity contribution in [2.45, 2.75) is 12.8 Å². The van der Waals surface area contributed by atoms with Crippen LogP contribution in [0.15, 0.2) is 18.2 Å². The zero-order valence-electron chi connectivity index (χ0n) is 10.6. The number of carbonyl (C=O) groups is 1. The highest BCUT2D eigenvalue weighted by molar-refractivity contribution is 5.89. The molecule has 0 atom stereocenters. The predicted molar refractivity (Wildman–Crippen MR) is 69.1 cm³/mol. The summed E-state index contributed by atoms with van der Waals surface area (Å²) in [6, 6.07) is 2.45. The van der Waals surface area contributed by atoms with Crippen LogP contribution >= 0.6 is 0 Å². The standard InChI is InChI=1S/C13H17F2N3O/c14-10-7-11(15)9-12(8-10)17-13(19)16-3-6-18-4-1-2-5-18/h7-9H,1-6H2,(H2,16,17,19). The number of anilines is 1. The Bertz CT molecular complexity index is 427. The van der Waals surface area contributed by atoms with Gasteiger partial charge in [-0.25, -0.2) is 13.6 Å². The molecule has 2 rings (SSSR count). The molecule has 0 aromatic heterocycles. The summed E-state index contributed by atoms with van der Waals surface area (Å²) in [5.41, 5.74) is 0.108. The molecule has 19 heavy (non-hydrogen) atoms. The quantitative estimate of drug-likeness (QED) is 0.880. The van der Waals surface area contributed by atoms with E-state index < -0.39 is 17.7 Å². The van der Waals surface area contributed by atoms with Gasteiger partial charge in [-0.05, 0) is 38.1 Å². The minimum atomic E-state index is -0.715. The van der Waals surface area contributed by atoms with E-state index >= 15 is 0 Å². The molecular formula is C13H17F2N3O. The Labute approximate surface area is 110 Å². The summed E-state index contributed by atoms with van der Waals surface area (Å²) < 4.78 is 25.8. The van der Waals surface area contributed by atoms with Crippen molar-refractivity contribution in [3.63, 3.8) is 0 Å². The summed E-state index contributed by atoms with van der Waals surface area (Å²) in [6.45, 7) is 3.45. The van der Waals surface area contributed by atoms with E-state index in [9.17, 15) is 13.6 Å². The molecule has 104 valence electrons. The summed E-state index contributed by atoms with van der Waals surface area (Å²) >= 11 is 0. The first kappa shape index (κ1) is 13.7. The molecule has 4 nitrogen and oxygen atoms in total. The van der Waals surface area contributed by atoms with Gasteiger partial charge in [-0.2, -0.15) is 0 Å². The van der Waals surface area contributed by atoms with Gasteiger partial charge in [0.15, 0.2) is 0 Å². The third kappa shape index (κ3) is 4.48. The molecule has 1 aliphatic rings. The number of nitrogens with zero attached hydrogens (tertiary/aromatic N) is 1. The maximum atomic E-state index is 12.9. The smallest absolute Gasteiger partial charge is 0.319 e. The van der Waals surface area contributed by atoms with Crippen molar-refractivity contribution in [2.24, 2.45) is 0 Å². The van der Waals surface area contributed by atoms with Crippen molar-refractivity contribution in [1.82, 2.24) is 10.2 Å². The molecule has 0 spiro atoms. The molecule has 6 heteroatoms. The second-order valence-corrected chi connectivity index (χ2v) is 4.59. The van der Waals surface area contributed by atoms with E-state index in [-0.39, 0.29) is 5.69 Å². The van der Waals surface area contributed by atoms with Crippen molar-refractivity contribution in [3.05, 3.63) is 29.8 Å². The van der Waals surface area contributed by atoms with E-state index in [1.54, 1.807) is 0 Å². The van der Waals surface area contributed by atoms with E-state index in [4.69, 9.17) is 0 Å². The van der Waals surface area contributed by atoms with E-state index in [1.165, 1.54) is 12.8 Å². The number of hydrogen-bond donors (Lipinski definition) is 2. The molecule has 2 amide bonds. The first-order valence-electron chi connectivity index (χ1n) is 6.37. The zero-order chi connectivity index (χ0) is 13.7. The minimum absolute atomic E-state index is 0.108. The number of rotatable bonds is 4. The number of halogens is 2. The summed E-state index contributed by atoms with van der Waals surface area (Å²) in [5, 5.41) is 5.06. The summed E-state index contributed by atoms with van der Waals surface area (Å²) in [5.74, 6) is -1.43. The Morgan fingerprint density at radius 3 is 2.42 bits per heavy atom. The highest BCUT2D eigenvalue weighted by atomic mass is 19.1. The second kappa shape index (κ2) is 6.47. The van der Waals surface area contributed by atoms with Crippen molar-refractivity contribution in [2.75, 3.05) is 31.5 Å². The van der Waals surface area contributed by atoms with Crippen molar-refractivity contribution in [3.8, 4) is 0 Å². The van der Waals surface area contributed by atoms with Crippen LogP contribution in [0, 0.1) is 11.6 Å². The Morgan fingerprint density at radius 2 is 1.79 bits per heavy atom. The lowest BCUT2D eigenvalue weighted by molar-refractivity contribution is 0.249. The molecule has 2 N–H and O–H groups in total. The van der Waals surface area contributed by atoms with E-state index in [0.717, 1.165) is 37.8 Å². The highest BCUT2D eigenvalue weighted by Crippen LogP contribution is 2.12. The minimum Gasteiger partial charge on any atom is -0.337 e. The molecule has 1 heterocycles. The average molecular weight is 269 g/mol. The first-order valence-corrected chi connectivity index (χ1v) is 6.37. The monoisotopic (exact) mass is 269 g/mol. The third-order valence-electron chi connectivity index (χ3n) is 3.03. The van der Waals surface area contributed by atoms with Gasteiger partial charge in [0.05, 0.1) is 0 Å². The molecule has 1 fully saturated rings. The molecule has 0 aliphatic carbocycles. The topological polar surface area (TPSA) is 44.4 Å². The molecule has 1 aromatic carbocycles. The van der Waals surface area contributed by atoms with E-state index in [0.29, 0.717) is 6.54 Å². The van der Waals surface area contributed by atoms with Crippen LogP contribution in [0.2, 0.25) is 0 Å². The maximum Gasteiger partial charge on any atom is 0.319 e. The van der Waals surface area contributed by atoms with Gasteiger partial charge in [0.25, 0.3) is 0 Å². The molecule has 1 saturated heterocycles. The molecule has 0 unspecified atom stereocenters. The summed E-state index contributed by atoms with van der Waals surface area (Å²) in [7, 11) is 0. The van der Waals surface area contributed by atoms with Crippen molar-refractivity contribution < 1.29 is 13.6 Å². The SMILES string of the molecule is O=C(NCCN1CCCC1)Nc1cc(F)cc(F)c1. The zero-order valence-corrected chi connectivity index (χ0v) is 10.6. The number of nitrogens with one attached hydrogen (secondary N) is 2. The van der Waals surface area contributed by atoms with Crippen LogP contribution in [-0.4, -0.2) is 37.1 Å². The van der Waals surface area contributed by atoms with E-state index in [1.807, 2.05) is 0 Å². The normalized spacial score (nSPS) is 15.5. The fourth-order valence-corrected chi connectivity index (χ4v) is 2.14. The van der Waals surface area contributed by atoms with Gasteiger partial charge in [-0.3, -0.25) is 0 Å². The molecule has 0 radical (unpaired) electrons. The molecule has 0 bridgehead atoms. The van der Waals surface area contributed by atoms with Gasteiger partial charge >= 0.3 is 6.03 Å². The third-order valence-corrected chi connectivity index (χ3v) is 3.03. The van der Waals surface area contributed by atoms with Crippen LogP contribution in [-0.2, 0) is 0 Å². The number of carbonyl (C=O) groups excluding carboxylic acids is 1. The lowest BCUT2D eigenvalue weighted by Gasteiger charge is -2.15. The predicted octanol–water partition coefficient (Wildman–Crippen LogP) is 2.18. The summed E-state index contributed by atoms with van der Waals surface area (Å²) in [6.07, 6.45) is 2.41. The van der Waals surface area contributed by atoms with E-state index in [2.05, 4.69) is 15.5 Å². The largest absolute Gasteiger partial charge is 0.337 e. The fourth-order valence-electron chi connectivity index (χ4n) is 2.14. The van der Waals surface area contributed by atoms with Gasteiger partial charge in [-0.1, -0.05) is 0 Å². The number of benzene rings is 1. The fraction of sp³-hybridized carbons (Fsp3) is 0.462. The number of likely N-dealkylation sites (tertiary alicyclic amines) is 1. The first-order chi connectivity index (χ1) is 9.13. The molecular weight excluding hydrogens is 252 g/mol. The lowest BCUT2D eigenvalue weighted by Crippen LogP contribution is -2.35. The van der Waals surface area contributed by atoms with Crippen LogP contribution < -0.4 is 10.6 Å². The number of hydrogen-bond acceptors (Lipinski definition) is 2. The average Bonchev–Trinajstić information content (AvgIpc) is 2.80. The lowest BCUT2D eigenvalue weighted by atomic mass is 10.3. The van der Waals surface area contributed by atoms with Crippen molar-refractivity contribution >= 4 is 11.7 Å². The van der Waals surface area contributed by atoms with Gasteiger partial charge < -0.3 is 15.5 Å². The van der Waals surface area contributed by atoms with Gasteiger partial charge in [0, 0.05) is 24.8 Å². The number of urea groups is 1. The van der Waals surface area contributed by atoms with Crippen LogP contribution in [0.1, 0.15) is 12.8 Å². The summed E-state index contributed by atoms with van der Waals surface area (Å²) in [4.78, 5) is 13.8. The Hall–Kier alpha value is -1.69. The Kier molecular flexibility index (Phi) is 4.68. The maximum absolute atomic E-state index is 12.9. The van der Waals surface area contributed by atoms with Gasteiger partial charge in [0.2, 0.25) is 0 Å². The van der Waals surface area contributed by atoms with Gasteiger partial charge in [-0.15, -0.1) is 0 Å². The Morgan fingerprint density at radius 1 is 1.16 bits per heavy atom. The molecule has 1 aromatic rings.